The highest BCUT2D eigenvalue weighted by molar-refractivity contribution is 6.38. The molecule has 0 aliphatic carbocycles. The highest BCUT2D eigenvalue weighted by Gasteiger charge is 2.18. The number of hydrogen-bond acceptors (Lipinski definition) is 4. The first-order chi connectivity index (χ1) is 11.6. The number of carbonyl (C=O) groups is 2. The van der Waals surface area contributed by atoms with Crippen molar-refractivity contribution in [3.63, 3.8) is 0 Å². The van der Waals surface area contributed by atoms with Gasteiger partial charge in [-0.3, -0.25) is 0 Å². The van der Waals surface area contributed by atoms with Crippen LogP contribution in [0.1, 0.15) is 20.7 Å². The molecule has 0 unspecified atom stereocenters. The van der Waals surface area contributed by atoms with E-state index < -0.39 is 11.9 Å². The molecule has 0 bridgehead atoms. The minimum Gasteiger partial charge on any atom is -0.494 e. The van der Waals surface area contributed by atoms with Crippen LogP contribution in [0, 0.1) is 0 Å². The van der Waals surface area contributed by atoms with Crippen LogP contribution in [-0.2, 0) is 0 Å². The summed E-state index contributed by atoms with van der Waals surface area (Å²) in [6.45, 7) is 0. The summed E-state index contributed by atoms with van der Waals surface area (Å²) in [5.74, 6) is -2.22. The van der Waals surface area contributed by atoms with Crippen molar-refractivity contribution in [3.8, 4) is 5.75 Å². The maximum absolute atomic E-state index is 10.7. The third-order valence-corrected chi connectivity index (χ3v) is 4.03. The Balaban J connectivity index is 0.000000251. The van der Waals surface area contributed by atoms with Crippen LogP contribution < -0.4 is 10.5 Å². The molecule has 25 heavy (non-hydrogen) atoms. The van der Waals surface area contributed by atoms with E-state index in [4.69, 9.17) is 67.1 Å². The molecule has 0 amide bonds. The molecule has 0 radical (unpaired) electrons. The fraction of sp³-hybridized carbons (Fsp3) is 0.0667. The molecule has 2 rings (SSSR count). The largest absolute Gasteiger partial charge is 0.494 e. The van der Waals surface area contributed by atoms with Crippen LogP contribution in [0.4, 0.5) is 5.69 Å². The van der Waals surface area contributed by atoms with Crippen molar-refractivity contribution in [2.45, 2.75) is 0 Å². The first-order valence-corrected chi connectivity index (χ1v) is 7.84. The van der Waals surface area contributed by atoms with E-state index in [1.54, 1.807) is 0 Å². The molecule has 4 N–H and O–H groups in total. The second-order valence-electron chi connectivity index (χ2n) is 4.40. The smallest absolute Gasteiger partial charge is 0.341 e. The first kappa shape index (κ1) is 21.2. The van der Waals surface area contributed by atoms with Crippen molar-refractivity contribution in [1.82, 2.24) is 0 Å². The van der Waals surface area contributed by atoms with Gasteiger partial charge in [0.05, 0.1) is 33.4 Å². The summed E-state index contributed by atoms with van der Waals surface area (Å²) in [7, 11) is 1.34. The number of hydrogen-bond donors (Lipinski definition) is 3. The number of rotatable bonds is 3. The molecule has 134 valence electrons. The van der Waals surface area contributed by atoms with Crippen LogP contribution in [0.25, 0.3) is 0 Å². The summed E-state index contributed by atoms with van der Waals surface area (Å²) < 4.78 is 4.82. The number of benzene rings is 2. The van der Waals surface area contributed by atoms with Gasteiger partial charge >= 0.3 is 11.9 Å². The van der Waals surface area contributed by atoms with Gasteiger partial charge in [-0.15, -0.1) is 0 Å². The van der Waals surface area contributed by atoms with E-state index in [2.05, 4.69) is 0 Å². The number of carboxylic acid groups (broad SMARTS) is 2. The average Bonchev–Trinajstić information content (AvgIpc) is 2.52. The van der Waals surface area contributed by atoms with Gasteiger partial charge < -0.3 is 20.7 Å². The first-order valence-electron chi connectivity index (χ1n) is 6.33. The fourth-order valence-corrected chi connectivity index (χ4v) is 2.58. The Morgan fingerprint density at radius 1 is 1.00 bits per heavy atom. The predicted molar refractivity (Wildman–Crippen MR) is 97.8 cm³/mol. The molecule has 0 saturated heterocycles. The fourth-order valence-electron chi connectivity index (χ4n) is 1.70. The standard InChI is InChI=1S/C8H6Cl2O3.C7H5Cl2NO2/c1-13-7-5(10)3-2-4(9)6(7)8(11)12;8-3-1-4(7(11)12)6(9)5(10)2-3/h2-3H,1H3,(H,11,12);1-2H,10H2,(H,11,12). The third kappa shape index (κ3) is 5.31. The number of carboxylic acids is 2. The molecule has 0 fully saturated rings. The Morgan fingerprint density at radius 2 is 1.56 bits per heavy atom. The quantitative estimate of drug-likeness (QED) is 0.597. The Kier molecular flexibility index (Phi) is 7.63. The second-order valence-corrected chi connectivity index (χ2v) is 6.03. The molecular formula is C15H11Cl4NO5. The van der Waals surface area contributed by atoms with E-state index in [0.717, 1.165) is 0 Å². The predicted octanol–water partition coefficient (Wildman–Crippen LogP) is 4.97. The number of nitrogens with two attached hydrogens (primary N) is 1. The van der Waals surface area contributed by atoms with E-state index in [-0.39, 0.29) is 42.7 Å². The number of halogens is 4. The molecule has 2 aromatic rings. The second kappa shape index (κ2) is 9.01. The van der Waals surface area contributed by atoms with Gasteiger partial charge in [0.15, 0.2) is 5.75 Å². The topological polar surface area (TPSA) is 110 Å². The van der Waals surface area contributed by atoms with Crippen molar-refractivity contribution in [1.29, 1.82) is 0 Å². The Labute approximate surface area is 162 Å². The van der Waals surface area contributed by atoms with Crippen LogP contribution in [0.3, 0.4) is 0 Å². The van der Waals surface area contributed by atoms with Crippen LogP contribution in [0.15, 0.2) is 24.3 Å². The number of anilines is 1. The summed E-state index contributed by atoms with van der Waals surface area (Å²) in [4.78, 5) is 21.3. The third-order valence-electron chi connectivity index (χ3n) is 2.77. The van der Waals surface area contributed by atoms with Crippen molar-refractivity contribution >= 4 is 64.0 Å². The lowest BCUT2D eigenvalue weighted by atomic mass is 10.2. The van der Waals surface area contributed by atoms with Gasteiger partial charge in [0, 0.05) is 5.02 Å². The number of aromatic carboxylic acids is 2. The van der Waals surface area contributed by atoms with Crippen molar-refractivity contribution < 1.29 is 24.5 Å². The van der Waals surface area contributed by atoms with Gasteiger partial charge in [0.2, 0.25) is 0 Å². The van der Waals surface area contributed by atoms with E-state index >= 15 is 0 Å². The molecule has 10 heteroatoms. The molecule has 0 atom stereocenters. The van der Waals surface area contributed by atoms with Gasteiger partial charge in [0.1, 0.15) is 5.56 Å². The molecule has 0 saturated carbocycles. The Hall–Kier alpha value is -1.86. The molecule has 2 aromatic carbocycles. The zero-order valence-electron chi connectivity index (χ0n) is 12.5. The number of ether oxygens (including phenoxy) is 1. The molecule has 0 heterocycles. The monoisotopic (exact) mass is 425 g/mol. The highest BCUT2D eigenvalue weighted by Crippen LogP contribution is 2.33. The lowest BCUT2D eigenvalue weighted by molar-refractivity contribution is 0.0684. The lowest BCUT2D eigenvalue weighted by Crippen LogP contribution is -2.01. The van der Waals surface area contributed by atoms with E-state index in [0.29, 0.717) is 0 Å². The Bertz CT molecular complexity index is 826. The van der Waals surface area contributed by atoms with Gasteiger partial charge in [-0.1, -0.05) is 46.4 Å². The molecule has 6 nitrogen and oxygen atoms in total. The van der Waals surface area contributed by atoms with Crippen molar-refractivity contribution in [2.24, 2.45) is 0 Å². The van der Waals surface area contributed by atoms with Gasteiger partial charge in [0.25, 0.3) is 0 Å². The summed E-state index contributed by atoms with van der Waals surface area (Å²) in [6, 6.07) is 5.55. The van der Waals surface area contributed by atoms with Crippen LogP contribution in [-0.4, -0.2) is 29.3 Å². The maximum Gasteiger partial charge on any atom is 0.341 e. The normalized spacial score (nSPS) is 9.80. The minimum atomic E-state index is -1.16. The highest BCUT2D eigenvalue weighted by atomic mass is 35.5. The van der Waals surface area contributed by atoms with Crippen LogP contribution in [0.2, 0.25) is 20.1 Å². The molecular weight excluding hydrogens is 416 g/mol. The van der Waals surface area contributed by atoms with E-state index in [1.165, 1.54) is 31.4 Å². The summed E-state index contributed by atoms with van der Waals surface area (Å²) in [5.41, 5.74) is 5.35. The van der Waals surface area contributed by atoms with Crippen LogP contribution in [0.5, 0.6) is 5.75 Å². The van der Waals surface area contributed by atoms with Gasteiger partial charge in [-0.05, 0) is 24.3 Å². The molecule has 0 aliphatic heterocycles. The summed E-state index contributed by atoms with van der Waals surface area (Å²) >= 11 is 22.5. The van der Waals surface area contributed by atoms with Crippen molar-refractivity contribution in [2.75, 3.05) is 12.8 Å². The molecule has 0 aliphatic rings. The zero-order chi connectivity index (χ0) is 19.3. The molecule has 0 spiro atoms. The minimum absolute atomic E-state index is 0.0203. The lowest BCUT2D eigenvalue weighted by Gasteiger charge is -2.07. The van der Waals surface area contributed by atoms with Gasteiger partial charge in [-0.25, -0.2) is 9.59 Å². The van der Waals surface area contributed by atoms with Gasteiger partial charge in [-0.2, -0.15) is 0 Å². The molecule has 0 aromatic heterocycles. The summed E-state index contributed by atoms with van der Waals surface area (Å²) in [6.07, 6.45) is 0. The summed E-state index contributed by atoms with van der Waals surface area (Å²) in [5, 5.41) is 18.0. The number of methoxy groups -OCH3 is 1. The Morgan fingerprint density at radius 3 is 2.00 bits per heavy atom. The zero-order valence-corrected chi connectivity index (χ0v) is 15.5. The average molecular weight is 427 g/mol. The SMILES string of the molecule is COc1c(Cl)ccc(Cl)c1C(=O)O.Nc1cc(Cl)cc(C(=O)O)c1Cl. The number of nitrogen functional groups attached to an aromatic ring is 1. The van der Waals surface area contributed by atoms with Crippen LogP contribution >= 0.6 is 46.4 Å². The van der Waals surface area contributed by atoms with Crippen molar-refractivity contribution in [3.05, 3.63) is 55.5 Å². The van der Waals surface area contributed by atoms with E-state index in [1.807, 2.05) is 0 Å². The maximum atomic E-state index is 10.7. The van der Waals surface area contributed by atoms with E-state index in [9.17, 15) is 9.59 Å².